The second-order valence-corrected chi connectivity index (χ2v) is 9.65. The molecule has 4 aromatic heterocycles. The van der Waals surface area contributed by atoms with Gasteiger partial charge in [0.25, 0.3) is 5.56 Å². The Morgan fingerprint density at radius 3 is 2.58 bits per heavy atom. The summed E-state index contributed by atoms with van der Waals surface area (Å²) >= 11 is 0. The van der Waals surface area contributed by atoms with Crippen LogP contribution in [0.4, 0.5) is 21.7 Å². The van der Waals surface area contributed by atoms with E-state index in [0.717, 1.165) is 38.1 Å². The highest BCUT2D eigenvalue weighted by Gasteiger charge is 2.19. The van der Waals surface area contributed by atoms with Crippen molar-refractivity contribution in [1.29, 1.82) is 0 Å². The molecule has 0 bridgehead atoms. The number of allylic oxidation sites excluding steroid dienone is 1. The van der Waals surface area contributed by atoms with Gasteiger partial charge in [0.15, 0.2) is 11.5 Å². The lowest BCUT2D eigenvalue weighted by molar-refractivity contribution is 0.313. The molecule has 0 radical (unpaired) electrons. The molecule has 0 spiro atoms. The molecule has 1 fully saturated rings. The monoisotopic (exact) mass is 537 g/mol. The van der Waals surface area contributed by atoms with E-state index in [2.05, 4.69) is 50.8 Å². The molecule has 0 atom stereocenters. The molecular weight excluding hydrogens is 509 g/mol. The van der Waals surface area contributed by atoms with Crippen LogP contribution in [0.5, 0.6) is 0 Å². The molecule has 1 aliphatic heterocycles. The maximum atomic E-state index is 13.8. The molecule has 0 unspecified atom stereocenters. The molecule has 5 aromatic rings. The maximum Gasteiger partial charge on any atom is 0.278 e. The Morgan fingerprint density at radius 1 is 1.02 bits per heavy atom. The number of likely N-dealkylation sites (N-methyl/N-ethyl adjacent to an activating group) is 1. The molecule has 202 valence electrons. The number of aromatic nitrogens is 6. The number of halogens is 1. The zero-order chi connectivity index (χ0) is 27.6. The average molecular weight is 538 g/mol. The molecule has 6 rings (SSSR count). The van der Waals surface area contributed by atoms with Gasteiger partial charge in [-0.05, 0) is 49.5 Å². The lowest BCUT2D eigenvalue weighted by atomic mass is 10.2. The van der Waals surface area contributed by atoms with Gasteiger partial charge in [0.05, 0.1) is 18.4 Å². The largest absolute Gasteiger partial charge is 0.369 e. The number of rotatable bonds is 7. The van der Waals surface area contributed by atoms with Gasteiger partial charge in [0.1, 0.15) is 11.2 Å². The van der Waals surface area contributed by atoms with Gasteiger partial charge in [0.2, 0.25) is 5.95 Å². The summed E-state index contributed by atoms with van der Waals surface area (Å²) < 4.78 is 17.0. The first-order chi connectivity index (χ1) is 19.5. The summed E-state index contributed by atoms with van der Waals surface area (Å²) in [5.74, 6) is 0.325. The average Bonchev–Trinajstić information content (AvgIpc) is 3.24. The zero-order valence-corrected chi connectivity index (χ0v) is 22.0. The minimum Gasteiger partial charge on any atom is -0.369 e. The van der Waals surface area contributed by atoms with E-state index in [1.807, 2.05) is 12.1 Å². The first-order valence-corrected chi connectivity index (χ1v) is 13.0. The van der Waals surface area contributed by atoms with Crippen molar-refractivity contribution in [2.24, 2.45) is 0 Å². The highest BCUT2D eigenvalue weighted by molar-refractivity contribution is 5.77. The highest BCUT2D eigenvalue weighted by Crippen LogP contribution is 2.23. The third kappa shape index (κ3) is 4.94. The van der Waals surface area contributed by atoms with Gasteiger partial charge in [-0.1, -0.05) is 12.1 Å². The SMILES string of the molecule is C=CCn1c(=O)c2cnc(Nc3ccc(N4CCN(C)CC4)cc3)nc2n1-c1cccc(-c2cncc(F)c2)n1. The van der Waals surface area contributed by atoms with Gasteiger partial charge in [0, 0.05) is 55.5 Å². The van der Waals surface area contributed by atoms with Gasteiger partial charge >= 0.3 is 0 Å². The lowest BCUT2D eigenvalue weighted by Gasteiger charge is -2.34. The number of anilines is 3. The van der Waals surface area contributed by atoms with Crippen LogP contribution in [0.25, 0.3) is 28.1 Å². The fourth-order valence-corrected chi connectivity index (χ4v) is 4.81. The third-order valence-corrected chi connectivity index (χ3v) is 6.92. The molecule has 0 aliphatic carbocycles. The number of pyridine rings is 2. The van der Waals surface area contributed by atoms with Crippen LogP contribution in [-0.4, -0.2) is 67.4 Å². The van der Waals surface area contributed by atoms with Crippen molar-refractivity contribution in [3.8, 4) is 17.1 Å². The Balaban J connectivity index is 1.35. The number of nitrogens with one attached hydrogen (secondary N) is 1. The Labute approximate surface area is 230 Å². The molecule has 1 N–H and O–H groups in total. The first kappa shape index (κ1) is 25.4. The molecule has 5 heterocycles. The number of hydrogen-bond acceptors (Lipinski definition) is 8. The number of benzene rings is 1. The van der Waals surface area contributed by atoms with Crippen LogP contribution in [0, 0.1) is 5.82 Å². The van der Waals surface area contributed by atoms with Gasteiger partial charge < -0.3 is 15.1 Å². The Kier molecular flexibility index (Phi) is 6.79. The minimum absolute atomic E-state index is 0.235. The van der Waals surface area contributed by atoms with Gasteiger partial charge in [-0.15, -0.1) is 6.58 Å². The van der Waals surface area contributed by atoms with Crippen LogP contribution in [0.1, 0.15) is 0 Å². The maximum absolute atomic E-state index is 13.8. The summed E-state index contributed by atoms with van der Waals surface area (Å²) in [6.45, 7) is 8.10. The molecule has 0 saturated carbocycles. The number of fused-ring (bicyclic) bond motifs is 1. The number of hydrogen-bond donors (Lipinski definition) is 1. The molecule has 1 aromatic carbocycles. The summed E-state index contributed by atoms with van der Waals surface area (Å²) in [5.41, 5.74) is 3.16. The van der Waals surface area contributed by atoms with Crippen molar-refractivity contribution < 1.29 is 4.39 Å². The van der Waals surface area contributed by atoms with Crippen LogP contribution in [-0.2, 0) is 6.54 Å². The van der Waals surface area contributed by atoms with Crippen molar-refractivity contribution in [1.82, 2.24) is 34.2 Å². The summed E-state index contributed by atoms with van der Waals surface area (Å²) in [4.78, 5) is 35.7. The fraction of sp³-hybridized carbons (Fsp3) is 0.207. The van der Waals surface area contributed by atoms with Crippen LogP contribution in [0.15, 0.2) is 84.6 Å². The van der Waals surface area contributed by atoms with Crippen molar-refractivity contribution in [3.63, 3.8) is 0 Å². The first-order valence-electron chi connectivity index (χ1n) is 13.0. The van der Waals surface area contributed by atoms with E-state index >= 15 is 0 Å². The molecule has 1 saturated heterocycles. The second-order valence-electron chi connectivity index (χ2n) is 9.65. The molecule has 40 heavy (non-hydrogen) atoms. The smallest absolute Gasteiger partial charge is 0.278 e. The van der Waals surface area contributed by atoms with E-state index in [4.69, 9.17) is 9.97 Å². The standard InChI is InChI=1S/C29H28FN9O/c1-3-11-38-28(40)24-19-32-29(33-22-7-9-23(10-8-22)37-14-12-36(2)13-15-37)35-27(24)39(38)26-6-4-5-25(34-26)20-16-21(30)18-31-17-20/h3-10,16-19H,1,11-15H2,2H3,(H,32,33,35). The summed E-state index contributed by atoms with van der Waals surface area (Å²) in [6.07, 6.45) is 5.83. The van der Waals surface area contributed by atoms with Crippen molar-refractivity contribution in [2.45, 2.75) is 6.54 Å². The van der Waals surface area contributed by atoms with E-state index in [1.165, 1.54) is 22.6 Å². The normalized spacial score (nSPS) is 14.0. The van der Waals surface area contributed by atoms with Crippen molar-refractivity contribution in [3.05, 3.63) is 95.9 Å². The molecule has 10 nitrogen and oxygen atoms in total. The Bertz CT molecular complexity index is 1740. The van der Waals surface area contributed by atoms with E-state index < -0.39 is 5.82 Å². The highest BCUT2D eigenvalue weighted by atomic mass is 19.1. The summed E-state index contributed by atoms with van der Waals surface area (Å²) in [7, 11) is 2.14. The molecule has 0 amide bonds. The molecule has 11 heteroatoms. The topological polar surface area (TPSA) is 97.0 Å². The van der Waals surface area contributed by atoms with Crippen LogP contribution >= 0.6 is 0 Å². The van der Waals surface area contributed by atoms with Crippen molar-refractivity contribution >= 4 is 28.4 Å². The Hall–Kier alpha value is -4.90. The summed E-state index contributed by atoms with van der Waals surface area (Å²) in [5, 5.41) is 3.60. The fourth-order valence-electron chi connectivity index (χ4n) is 4.81. The van der Waals surface area contributed by atoms with Gasteiger partial charge in [-0.3, -0.25) is 9.78 Å². The van der Waals surface area contributed by atoms with E-state index in [1.54, 1.807) is 35.2 Å². The summed E-state index contributed by atoms with van der Waals surface area (Å²) in [6, 6.07) is 14.8. The van der Waals surface area contributed by atoms with Gasteiger partial charge in [-0.2, -0.15) is 4.98 Å². The van der Waals surface area contributed by atoms with E-state index in [-0.39, 0.29) is 12.1 Å². The molecule has 1 aliphatic rings. The van der Waals surface area contributed by atoms with Crippen molar-refractivity contribution in [2.75, 3.05) is 43.4 Å². The zero-order valence-electron chi connectivity index (χ0n) is 22.0. The van der Waals surface area contributed by atoms with E-state index in [9.17, 15) is 9.18 Å². The Morgan fingerprint density at radius 2 is 1.82 bits per heavy atom. The third-order valence-electron chi connectivity index (χ3n) is 6.92. The number of piperazine rings is 1. The number of nitrogens with zero attached hydrogens (tertiary/aromatic N) is 8. The van der Waals surface area contributed by atoms with Gasteiger partial charge in [-0.25, -0.2) is 23.7 Å². The predicted molar refractivity (Wildman–Crippen MR) is 154 cm³/mol. The lowest BCUT2D eigenvalue weighted by Crippen LogP contribution is -2.44. The van der Waals surface area contributed by atoms with E-state index in [0.29, 0.717) is 34.1 Å². The second kappa shape index (κ2) is 10.7. The quantitative estimate of drug-likeness (QED) is 0.313. The van der Waals surface area contributed by atoms with Crippen LogP contribution in [0.3, 0.4) is 0 Å². The van der Waals surface area contributed by atoms with Crippen LogP contribution in [0.2, 0.25) is 0 Å². The molecular formula is C29H28FN9O. The van der Waals surface area contributed by atoms with Crippen LogP contribution < -0.4 is 15.8 Å². The predicted octanol–water partition coefficient (Wildman–Crippen LogP) is 3.86. The minimum atomic E-state index is -0.459.